The Kier molecular flexibility index (Phi) is 4.58. The van der Waals surface area contributed by atoms with Crippen molar-refractivity contribution in [1.29, 1.82) is 0 Å². The van der Waals surface area contributed by atoms with E-state index < -0.39 is 0 Å². The zero-order chi connectivity index (χ0) is 16.1. The maximum atomic E-state index is 5.24. The summed E-state index contributed by atoms with van der Waals surface area (Å²) in [5.41, 5.74) is 1.92. The van der Waals surface area contributed by atoms with Crippen molar-refractivity contribution in [2.75, 3.05) is 5.32 Å². The summed E-state index contributed by atoms with van der Waals surface area (Å²) in [5, 5.41) is 10.5. The topological polar surface area (TPSA) is 75.9 Å². The smallest absolute Gasteiger partial charge is 0.246 e. The number of aromatic nitrogens is 3. The molecule has 23 heavy (non-hydrogen) atoms. The van der Waals surface area contributed by atoms with Gasteiger partial charge >= 0.3 is 0 Å². The normalized spacial score (nSPS) is 10.3. The number of anilines is 1. The van der Waals surface area contributed by atoms with Crippen LogP contribution in [-0.2, 0) is 6.54 Å². The van der Waals surface area contributed by atoms with Gasteiger partial charge in [0.2, 0.25) is 11.7 Å². The molecule has 0 saturated carbocycles. The summed E-state index contributed by atoms with van der Waals surface area (Å²) < 4.78 is 5.22. The van der Waals surface area contributed by atoms with E-state index in [1.807, 2.05) is 49.4 Å². The predicted molar refractivity (Wildman–Crippen MR) is 91.8 cm³/mol. The molecule has 0 aliphatic heterocycles. The van der Waals surface area contributed by atoms with Crippen molar-refractivity contribution < 1.29 is 4.52 Å². The quantitative estimate of drug-likeness (QED) is 0.714. The Balaban J connectivity index is 1.58. The minimum Gasteiger partial charge on any atom is -0.353 e. The lowest BCUT2D eigenvalue weighted by Crippen LogP contribution is -2.28. The zero-order valence-electron chi connectivity index (χ0n) is 12.5. The number of aryl methyl sites for hydroxylation is 1. The SMILES string of the molecule is Cc1cccnc1NC(=S)NCc1nc(-c2ccccc2)no1. The van der Waals surface area contributed by atoms with Crippen LogP contribution in [0.4, 0.5) is 5.82 Å². The van der Waals surface area contributed by atoms with Crippen molar-refractivity contribution in [2.24, 2.45) is 0 Å². The Morgan fingerprint density at radius 3 is 2.78 bits per heavy atom. The molecule has 3 rings (SSSR count). The molecule has 0 fully saturated rings. The molecule has 116 valence electrons. The fourth-order valence-electron chi connectivity index (χ4n) is 1.96. The van der Waals surface area contributed by atoms with E-state index in [-0.39, 0.29) is 0 Å². The Hall–Kier alpha value is -2.80. The van der Waals surface area contributed by atoms with Crippen molar-refractivity contribution >= 4 is 23.1 Å². The Labute approximate surface area is 139 Å². The molecular weight excluding hydrogens is 310 g/mol. The van der Waals surface area contributed by atoms with Crippen LogP contribution >= 0.6 is 12.2 Å². The van der Waals surface area contributed by atoms with Gasteiger partial charge in [0.1, 0.15) is 5.82 Å². The standard InChI is InChI=1S/C16H15N5OS/c1-11-6-5-9-17-14(11)20-16(23)18-10-13-19-15(21-22-13)12-7-3-2-4-8-12/h2-9H,10H2,1H3,(H2,17,18,20,23). The van der Waals surface area contributed by atoms with Crippen LogP contribution in [0, 0.1) is 6.92 Å². The highest BCUT2D eigenvalue weighted by Gasteiger charge is 2.09. The summed E-state index contributed by atoms with van der Waals surface area (Å²) in [6.07, 6.45) is 1.71. The van der Waals surface area contributed by atoms with Gasteiger partial charge in [0.15, 0.2) is 5.11 Å². The van der Waals surface area contributed by atoms with E-state index in [4.69, 9.17) is 16.7 Å². The molecule has 7 heteroatoms. The summed E-state index contributed by atoms with van der Waals surface area (Å²) in [5.74, 6) is 1.74. The number of hydrogen-bond donors (Lipinski definition) is 2. The predicted octanol–water partition coefficient (Wildman–Crippen LogP) is 2.93. The Morgan fingerprint density at radius 2 is 2.00 bits per heavy atom. The Bertz CT molecular complexity index is 803. The minimum atomic E-state index is 0.345. The maximum Gasteiger partial charge on any atom is 0.246 e. The molecule has 0 bridgehead atoms. The van der Waals surface area contributed by atoms with Crippen molar-refractivity contribution in [3.63, 3.8) is 0 Å². The highest BCUT2D eigenvalue weighted by atomic mass is 32.1. The third-order valence-electron chi connectivity index (χ3n) is 3.14. The fraction of sp³-hybridized carbons (Fsp3) is 0.125. The van der Waals surface area contributed by atoms with Crippen LogP contribution in [0.25, 0.3) is 11.4 Å². The molecule has 0 spiro atoms. The first-order valence-corrected chi connectivity index (χ1v) is 7.47. The lowest BCUT2D eigenvalue weighted by Gasteiger charge is -2.09. The highest BCUT2D eigenvalue weighted by molar-refractivity contribution is 7.80. The van der Waals surface area contributed by atoms with Gasteiger partial charge in [-0.3, -0.25) is 0 Å². The molecular formula is C16H15N5OS. The van der Waals surface area contributed by atoms with Crippen LogP contribution < -0.4 is 10.6 Å². The number of benzene rings is 1. The molecule has 0 radical (unpaired) electrons. The van der Waals surface area contributed by atoms with Crippen LogP contribution in [0.15, 0.2) is 53.2 Å². The average molecular weight is 325 g/mol. The van der Waals surface area contributed by atoms with Crippen LogP contribution in [-0.4, -0.2) is 20.2 Å². The third-order valence-corrected chi connectivity index (χ3v) is 3.39. The van der Waals surface area contributed by atoms with Gasteiger partial charge in [0, 0.05) is 11.8 Å². The number of hydrogen-bond acceptors (Lipinski definition) is 5. The number of thiocarbonyl (C=S) groups is 1. The monoisotopic (exact) mass is 325 g/mol. The van der Waals surface area contributed by atoms with Crippen LogP contribution in [0.1, 0.15) is 11.5 Å². The molecule has 0 atom stereocenters. The molecule has 0 aliphatic carbocycles. The second kappa shape index (κ2) is 6.97. The molecule has 2 N–H and O–H groups in total. The van der Waals surface area contributed by atoms with E-state index in [0.717, 1.165) is 16.9 Å². The van der Waals surface area contributed by atoms with Gasteiger partial charge in [-0.1, -0.05) is 41.6 Å². The zero-order valence-corrected chi connectivity index (χ0v) is 13.3. The fourth-order valence-corrected chi connectivity index (χ4v) is 2.12. The van der Waals surface area contributed by atoms with Gasteiger partial charge < -0.3 is 15.2 Å². The van der Waals surface area contributed by atoms with Crippen molar-refractivity contribution in [3.05, 3.63) is 60.1 Å². The van der Waals surface area contributed by atoms with E-state index in [1.54, 1.807) is 6.20 Å². The molecule has 0 aliphatic rings. The van der Waals surface area contributed by atoms with Gasteiger partial charge in [0.05, 0.1) is 6.54 Å². The number of rotatable bonds is 4. The summed E-state index contributed by atoms with van der Waals surface area (Å²) in [7, 11) is 0. The summed E-state index contributed by atoms with van der Waals surface area (Å²) >= 11 is 5.24. The van der Waals surface area contributed by atoms with Gasteiger partial charge in [0.25, 0.3) is 0 Å². The lowest BCUT2D eigenvalue weighted by atomic mass is 10.2. The highest BCUT2D eigenvalue weighted by Crippen LogP contribution is 2.14. The van der Waals surface area contributed by atoms with Crippen LogP contribution in [0.2, 0.25) is 0 Å². The van der Waals surface area contributed by atoms with E-state index >= 15 is 0 Å². The average Bonchev–Trinajstić information content (AvgIpc) is 3.05. The second-order valence-corrected chi connectivity index (χ2v) is 5.26. The number of pyridine rings is 1. The van der Waals surface area contributed by atoms with Crippen LogP contribution in [0.5, 0.6) is 0 Å². The third kappa shape index (κ3) is 3.89. The first-order valence-electron chi connectivity index (χ1n) is 7.07. The van der Waals surface area contributed by atoms with Gasteiger partial charge in [-0.2, -0.15) is 4.98 Å². The van der Waals surface area contributed by atoms with E-state index in [2.05, 4.69) is 25.8 Å². The molecule has 1 aromatic carbocycles. The minimum absolute atomic E-state index is 0.345. The van der Waals surface area contributed by atoms with Crippen molar-refractivity contribution in [2.45, 2.75) is 13.5 Å². The van der Waals surface area contributed by atoms with Crippen molar-refractivity contribution in [1.82, 2.24) is 20.4 Å². The number of nitrogens with zero attached hydrogens (tertiary/aromatic N) is 3. The van der Waals surface area contributed by atoms with Gasteiger partial charge in [-0.05, 0) is 30.8 Å². The van der Waals surface area contributed by atoms with Gasteiger partial charge in [-0.15, -0.1) is 0 Å². The first kappa shape index (κ1) is 15.1. The Morgan fingerprint density at radius 1 is 1.17 bits per heavy atom. The summed E-state index contributed by atoms with van der Waals surface area (Å²) in [4.78, 5) is 8.56. The molecule has 2 aromatic heterocycles. The maximum absolute atomic E-state index is 5.24. The molecule has 0 amide bonds. The first-order chi connectivity index (χ1) is 11.2. The van der Waals surface area contributed by atoms with E-state index in [1.165, 1.54) is 0 Å². The van der Waals surface area contributed by atoms with Crippen molar-refractivity contribution in [3.8, 4) is 11.4 Å². The van der Waals surface area contributed by atoms with E-state index in [0.29, 0.717) is 23.4 Å². The largest absolute Gasteiger partial charge is 0.353 e. The second-order valence-electron chi connectivity index (χ2n) is 4.85. The van der Waals surface area contributed by atoms with Crippen LogP contribution in [0.3, 0.4) is 0 Å². The molecule has 3 aromatic rings. The summed E-state index contributed by atoms with van der Waals surface area (Å²) in [6.45, 7) is 2.31. The summed E-state index contributed by atoms with van der Waals surface area (Å²) in [6, 6.07) is 13.5. The molecule has 0 unspecified atom stereocenters. The lowest BCUT2D eigenvalue weighted by molar-refractivity contribution is 0.376. The number of nitrogens with one attached hydrogen (secondary N) is 2. The van der Waals surface area contributed by atoms with E-state index in [9.17, 15) is 0 Å². The molecule has 6 nitrogen and oxygen atoms in total. The molecule has 0 saturated heterocycles. The molecule has 2 heterocycles. The van der Waals surface area contributed by atoms with Gasteiger partial charge in [-0.25, -0.2) is 4.98 Å².